The number of nitrogens with one attached hydrogen (secondary N) is 9. The molecule has 0 unspecified atom stereocenters. The number of benzene rings is 1. The smallest absolute Gasteiger partial charge is 0.305 e. The van der Waals surface area contributed by atoms with E-state index in [1.165, 1.54) is 48.8 Å². The Morgan fingerprint density at radius 1 is 0.700 bits per heavy atom. The number of pyridine rings is 2. The van der Waals surface area contributed by atoms with Gasteiger partial charge < -0.3 is 58.5 Å². The third-order valence-corrected chi connectivity index (χ3v) is 10.5. The molecule has 26 heteroatoms. The Labute approximate surface area is 400 Å². The van der Waals surface area contributed by atoms with Gasteiger partial charge in [0.1, 0.15) is 41.3 Å². The van der Waals surface area contributed by atoms with Gasteiger partial charge in [-0.2, -0.15) is 4.99 Å². The number of guanidine groups is 1. The third-order valence-electron chi connectivity index (χ3n) is 10.5. The Morgan fingerprint density at radius 3 is 2.13 bits per heavy atom. The first kappa shape index (κ1) is 52.3. The van der Waals surface area contributed by atoms with E-state index >= 15 is 0 Å². The van der Waals surface area contributed by atoms with Gasteiger partial charge in [0.25, 0.3) is 0 Å². The predicted octanol–water partition coefficient (Wildman–Crippen LogP) is -0.799. The van der Waals surface area contributed by atoms with Crippen LogP contribution in [0.3, 0.4) is 0 Å². The monoisotopic (exact) mass is 966 g/mol. The minimum absolute atomic E-state index is 0.00415. The van der Waals surface area contributed by atoms with Gasteiger partial charge in [-0.25, -0.2) is 5.53 Å². The highest BCUT2D eigenvalue weighted by Gasteiger charge is 2.33. The number of anilines is 1. The van der Waals surface area contributed by atoms with Gasteiger partial charge in [0, 0.05) is 38.5 Å². The Bertz CT molecular complexity index is 2470. The summed E-state index contributed by atoms with van der Waals surface area (Å²) in [5.41, 5.74) is 15.1. The number of phenolic OH excluding ortho intramolecular Hbond substituents is 1. The molecule has 4 atom stereocenters. The predicted molar refractivity (Wildman–Crippen MR) is 250 cm³/mol. The van der Waals surface area contributed by atoms with Gasteiger partial charge in [0.15, 0.2) is 5.96 Å². The zero-order valence-corrected chi connectivity index (χ0v) is 37.8. The molecule has 5 heterocycles. The number of carbonyl (C=O) groups is 8. The lowest BCUT2D eigenvalue weighted by atomic mass is 10.0. The van der Waals surface area contributed by atoms with Crippen molar-refractivity contribution < 1.29 is 48.6 Å². The van der Waals surface area contributed by atoms with Crippen molar-refractivity contribution in [2.24, 2.45) is 26.0 Å². The van der Waals surface area contributed by atoms with Crippen molar-refractivity contribution in [3.8, 4) is 5.75 Å². The van der Waals surface area contributed by atoms with Crippen LogP contribution < -0.4 is 48.3 Å². The average Bonchev–Trinajstić information content (AvgIpc) is 3.33. The van der Waals surface area contributed by atoms with Gasteiger partial charge in [0.2, 0.25) is 53.0 Å². The quantitative estimate of drug-likeness (QED) is 0.139. The molecule has 13 N–H and O–H groups in total. The topological polar surface area (TPSA) is 398 Å². The second kappa shape index (κ2) is 26.6. The van der Waals surface area contributed by atoms with Crippen molar-refractivity contribution in [3.05, 3.63) is 83.9 Å². The van der Waals surface area contributed by atoms with Crippen LogP contribution in [0.4, 0.5) is 5.69 Å². The Kier molecular flexibility index (Phi) is 19.8. The molecule has 0 spiro atoms. The van der Waals surface area contributed by atoms with Gasteiger partial charge in [-0.15, -0.1) is 15.3 Å². The summed E-state index contributed by atoms with van der Waals surface area (Å²) in [6.45, 7) is -0.493. The maximum absolute atomic E-state index is 14.2. The minimum atomic E-state index is -1.69. The molecular weight excluding hydrogens is 913 g/mol. The normalized spacial score (nSPS) is 23.7. The summed E-state index contributed by atoms with van der Waals surface area (Å²) in [6.07, 6.45) is 2.64. The molecule has 7 amide bonds. The van der Waals surface area contributed by atoms with Crippen LogP contribution in [0, 0.1) is 5.53 Å². The van der Waals surface area contributed by atoms with Crippen LogP contribution in [0.1, 0.15) is 74.7 Å². The molecule has 4 bridgehead atoms. The number of hydrogen-bond acceptors (Lipinski definition) is 18. The van der Waals surface area contributed by atoms with Crippen molar-refractivity contribution in [1.82, 2.24) is 47.2 Å². The number of aliphatic imine (C=N–C) groups is 1. The molecule has 2 aromatic heterocycles. The molecular formula is C44H54N16O10. The summed E-state index contributed by atoms with van der Waals surface area (Å²) >= 11 is 0. The minimum Gasteiger partial charge on any atom is -0.508 e. The molecule has 26 nitrogen and oxygen atoms in total. The van der Waals surface area contributed by atoms with E-state index in [9.17, 15) is 48.6 Å². The number of carboxylic acid groups (broad SMARTS) is 1. The summed E-state index contributed by atoms with van der Waals surface area (Å²) in [5, 5.41) is 51.9. The van der Waals surface area contributed by atoms with Gasteiger partial charge in [-0.1, -0.05) is 18.2 Å². The number of fused-ring (bicyclic) bond motifs is 18. The fraction of sp³-hybridized carbons (Fsp3) is 0.386. The van der Waals surface area contributed by atoms with Crippen LogP contribution in [0.2, 0.25) is 0 Å². The van der Waals surface area contributed by atoms with Crippen LogP contribution in [0.5, 0.6) is 5.75 Å². The Hall–Kier alpha value is -8.71. The Balaban J connectivity index is 1.45. The van der Waals surface area contributed by atoms with Crippen molar-refractivity contribution in [1.29, 1.82) is 5.53 Å². The summed E-state index contributed by atoms with van der Waals surface area (Å²) < 4.78 is 0. The number of aliphatic carboxylic acids is 1. The second-order valence-corrected chi connectivity index (χ2v) is 15.9. The van der Waals surface area contributed by atoms with Crippen molar-refractivity contribution in [2.75, 3.05) is 25.0 Å². The average molecular weight is 967 g/mol. The van der Waals surface area contributed by atoms with E-state index < -0.39 is 72.6 Å². The number of nitrogens with two attached hydrogens (primary N) is 1. The van der Waals surface area contributed by atoms with Gasteiger partial charge in [0.05, 0.1) is 24.8 Å². The number of aromatic nitrogens is 2. The summed E-state index contributed by atoms with van der Waals surface area (Å²) in [7, 11) is 0. The highest BCUT2D eigenvalue weighted by molar-refractivity contribution is 6.05. The lowest BCUT2D eigenvalue weighted by Gasteiger charge is -2.26. The molecule has 0 aliphatic carbocycles. The van der Waals surface area contributed by atoms with Gasteiger partial charge in [-0.3, -0.25) is 48.3 Å². The summed E-state index contributed by atoms with van der Waals surface area (Å²) in [6, 6.07) is 7.84. The van der Waals surface area contributed by atoms with Crippen LogP contribution in [-0.2, 0) is 44.8 Å². The number of rotatable bonds is 5. The van der Waals surface area contributed by atoms with Gasteiger partial charge in [-0.05, 0) is 80.5 Å². The van der Waals surface area contributed by atoms with E-state index in [4.69, 9.17) is 11.3 Å². The maximum Gasteiger partial charge on any atom is 0.305 e. The molecule has 3 aliphatic rings. The lowest BCUT2D eigenvalue weighted by Crippen LogP contribution is -2.58. The van der Waals surface area contributed by atoms with Crippen LogP contribution in [-0.4, -0.2) is 129 Å². The number of phenols is 1. The molecule has 6 rings (SSSR count). The number of amides is 7. The zero-order chi connectivity index (χ0) is 50.4. The third kappa shape index (κ3) is 17.2. The molecule has 3 aliphatic heterocycles. The summed E-state index contributed by atoms with van der Waals surface area (Å²) in [4.78, 5) is 119. The van der Waals surface area contributed by atoms with E-state index in [1.807, 2.05) is 0 Å². The number of hydrogen-bond donors (Lipinski definition) is 12. The molecule has 70 heavy (non-hydrogen) atoms. The van der Waals surface area contributed by atoms with E-state index in [0.29, 0.717) is 17.7 Å². The van der Waals surface area contributed by atoms with Crippen LogP contribution >= 0.6 is 0 Å². The Morgan fingerprint density at radius 2 is 1.41 bits per heavy atom. The van der Waals surface area contributed by atoms with E-state index in [-0.39, 0.29) is 111 Å². The first-order valence-corrected chi connectivity index (χ1v) is 22.2. The molecule has 3 aromatic rings. The highest BCUT2D eigenvalue weighted by Crippen LogP contribution is 2.14. The molecule has 0 radical (unpaired) electrons. The first-order chi connectivity index (χ1) is 33.7. The van der Waals surface area contributed by atoms with Gasteiger partial charge >= 0.3 is 5.97 Å². The number of carbonyl (C=O) groups excluding carboxylic acids is 7. The van der Waals surface area contributed by atoms with Crippen LogP contribution in [0.25, 0.3) is 0 Å². The standard InChI is InChI=1S/C44H54N16O10/c45-44-49-20-6-9-30-41(68)54-31(42(69)55-32(21-25-12-15-27(61)16-13-25)43(70)56-33(22-37(65)66)40(67)51-24-36(64)53-30)8-2-4-19-48-34(62)10-5-11-35(63)52-26-14-17-29(50-23-26)39(58-46)60-59-38(57-44)28-7-1-3-18-47-28/h1,3,7,12-18,23,30-33,46,61H,2,4-6,8-11,19-22,24H2,(H,48,62)(H,51,67)(H,52,63)(H,53,64)(H,54,68)(H,55,69)(H,56,70)(H,65,66)(H3,45,49,57,59)/b58-46?,60-39-/t30-,31-,32+,33-/m1/s1. The van der Waals surface area contributed by atoms with E-state index in [1.54, 1.807) is 18.2 Å². The number of carboxylic acids is 1. The van der Waals surface area contributed by atoms with Crippen molar-refractivity contribution in [3.63, 3.8) is 0 Å². The molecule has 370 valence electrons. The molecule has 1 saturated heterocycles. The van der Waals surface area contributed by atoms with Crippen LogP contribution in [0.15, 0.2) is 87.3 Å². The molecule has 1 aromatic carbocycles. The highest BCUT2D eigenvalue weighted by atomic mass is 16.4. The summed E-state index contributed by atoms with van der Waals surface area (Å²) in [5.74, 6) is -7.20. The zero-order valence-electron chi connectivity index (χ0n) is 37.8. The lowest BCUT2D eigenvalue weighted by molar-refractivity contribution is -0.141. The van der Waals surface area contributed by atoms with E-state index in [2.05, 4.69) is 72.8 Å². The SMILES string of the molecule is N=N\C1=N/N=C(c2ccccn2)\N=C(/N)NCCC[C@H]2NC(=O)CNC(=O)[C@@H](CC(=O)O)NC(=O)[C@H](Cc3ccc(O)cc3)NC(=O)[C@@H](CCCCNC(=O)CCCC(=O)Nc3ccc1nc3)NC2=O. The molecule has 1 fully saturated rings. The largest absolute Gasteiger partial charge is 0.508 e. The number of aromatic hydroxyl groups is 1. The van der Waals surface area contributed by atoms with Crippen molar-refractivity contribution >= 4 is 70.6 Å². The fourth-order valence-electron chi connectivity index (χ4n) is 6.90. The first-order valence-electron chi connectivity index (χ1n) is 22.2. The maximum atomic E-state index is 14.2. The second-order valence-electron chi connectivity index (χ2n) is 15.9. The number of amidine groups is 2. The number of nitrogens with zero attached hydrogens (tertiary/aromatic N) is 6. The fourth-order valence-corrected chi connectivity index (χ4v) is 6.90. The van der Waals surface area contributed by atoms with E-state index in [0.717, 1.165) is 0 Å². The molecule has 0 saturated carbocycles. The van der Waals surface area contributed by atoms with Crippen molar-refractivity contribution in [2.45, 2.75) is 88.4 Å².